The molecule has 0 radical (unpaired) electrons. The van der Waals surface area contributed by atoms with E-state index in [9.17, 15) is 9.90 Å². The minimum atomic E-state index is -1.00. The Morgan fingerprint density at radius 2 is 2.06 bits per heavy atom. The number of likely N-dealkylation sites (N-methyl/N-ethyl adjacent to an activating group) is 1. The van der Waals surface area contributed by atoms with Crippen LogP contribution in [-0.2, 0) is 9.53 Å². The van der Waals surface area contributed by atoms with Crippen molar-refractivity contribution in [2.24, 2.45) is 0 Å². The number of hydrogen-bond acceptors (Lipinski definition) is 9. The molecular formula is C21H28N6O4. The van der Waals surface area contributed by atoms with Crippen molar-refractivity contribution in [2.45, 2.75) is 38.0 Å². The lowest BCUT2D eigenvalue weighted by atomic mass is 9.88. The molecule has 3 N–H and O–H groups in total. The summed E-state index contributed by atoms with van der Waals surface area (Å²) in [6.07, 6.45) is 1.99. The number of anilines is 2. The van der Waals surface area contributed by atoms with Crippen molar-refractivity contribution in [2.75, 3.05) is 44.0 Å². The van der Waals surface area contributed by atoms with Gasteiger partial charge in [-0.2, -0.15) is 4.98 Å². The van der Waals surface area contributed by atoms with Gasteiger partial charge in [0.1, 0.15) is 18.0 Å². The lowest BCUT2D eigenvalue weighted by Crippen LogP contribution is -2.52. The van der Waals surface area contributed by atoms with Crippen molar-refractivity contribution in [3.63, 3.8) is 0 Å². The SMILES string of the molecule is C[C@H](O)C(=O)N(C)[C@H]1C[C@H](Oc2cc(-c3ccc(N)nc3)nc(N3CCOCC3)n2)C1. The van der Waals surface area contributed by atoms with E-state index in [2.05, 4.69) is 14.9 Å². The third-order valence-electron chi connectivity index (χ3n) is 5.68. The van der Waals surface area contributed by atoms with E-state index in [1.165, 1.54) is 6.92 Å². The topological polar surface area (TPSA) is 127 Å². The third-order valence-corrected chi connectivity index (χ3v) is 5.68. The summed E-state index contributed by atoms with van der Waals surface area (Å²) >= 11 is 0. The second-order valence-electron chi connectivity index (χ2n) is 7.95. The zero-order valence-corrected chi connectivity index (χ0v) is 17.8. The standard InChI is InChI=1S/C21H28N6O4/c1-13(28)20(29)26(2)15-9-16(10-15)31-19-11-17(14-3-4-18(22)23-12-14)24-21(25-19)27-5-7-30-8-6-27/h3-4,11-13,15-16,28H,5-10H2,1-2H3,(H2,22,23)/t13-,15-,16-/m0/s1. The van der Waals surface area contributed by atoms with Gasteiger partial charge in [0.15, 0.2) is 0 Å². The van der Waals surface area contributed by atoms with Gasteiger partial charge in [-0.1, -0.05) is 0 Å². The maximum absolute atomic E-state index is 12.0. The van der Waals surface area contributed by atoms with E-state index >= 15 is 0 Å². The Balaban J connectivity index is 1.51. The zero-order valence-electron chi connectivity index (χ0n) is 17.8. The van der Waals surface area contributed by atoms with Crippen LogP contribution in [0.2, 0.25) is 0 Å². The summed E-state index contributed by atoms with van der Waals surface area (Å²) in [4.78, 5) is 29.1. The number of aromatic nitrogens is 3. The molecule has 31 heavy (non-hydrogen) atoms. The van der Waals surface area contributed by atoms with Crippen LogP contribution in [0.3, 0.4) is 0 Å². The number of carbonyl (C=O) groups excluding carboxylic acids is 1. The fraction of sp³-hybridized carbons (Fsp3) is 0.524. The summed E-state index contributed by atoms with van der Waals surface area (Å²) in [5.41, 5.74) is 7.24. The first-order chi connectivity index (χ1) is 14.9. The van der Waals surface area contributed by atoms with E-state index in [1.54, 1.807) is 30.3 Å². The van der Waals surface area contributed by atoms with Crippen LogP contribution in [0.5, 0.6) is 5.88 Å². The number of nitrogens with two attached hydrogens (primary N) is 1. The van der Waals surface area contributed by atoms with E-state index in [-0.39, 0.29) is 18.1 Å². The highest BCUT2D eigenvalue weighted by atomic mass is 16.5. The first-order valence-corrected chi connectivity index (χ1v) is 10.5. The van der Waals surface area contributed by atoms with Gasteiger partial charge in [0.2, 0.25) is 11.8 Å². The summed E-state index contributed by atoms with van der Waals surface area (Å²) in [6.45, 7) is 4.15. The predicted molar refractivity (Wildman–Crippen MR) is 115 cm³/mol. The van der Waals surface area contributed by atoms with Crippen LogP contribution < -0.4 is 15.4 Å². The second kappa shape index (κ2) is 9.03. The molecule has 1 amide bonds. The van der Waals surface area contributed by atoms with Crippen LogP contribution >= 0.6 is 0 Å². The number of nitrogens with zero attached hydrogens (tertiary/aromatic N) is 5. The number of morpholine rings is 1. The molecule has 1 aliphatic heterocycles. The van der Waals surface area contributed by atoms with E-state index in [0.29, 0.717) is 62.5 Å². The molecule has 3 heterocycles. The molecule has 1 saturated carbocycles. The number of ether oxygens (including phenoxy) is 2. The van der Waals surface area contributed by atoms with Crippen LogP contribution in [0.4, 0.5) is 11.8 Å². The van der Waals surface area contributed by atoms with Crippen LogP contribution in [0.1, 0.15) is 19.8 Å². The van der Waals surface area contributed by atoms with Gasteiger partial charge in [0.25, 0.3) is 5.91 Å². The van der Waals surface area contributed by atoms with E-state index < -0.39 is 6.10 Å². The fourth-order valence-corrected chi connectivity index (χ4v) is 3.68. The summed E-state index contributed by atoms with van der Waals surface area (Å²) in [7, 11) is 1.71. The van der Waals surface area contributed by atoms with E-state index in [0.717, 1.165) is 5.56 Å². The number of amides is 1. The summed E-state index contributed by atoms with van der Waals surface area (Å²) < 4.78 is 11.6. The quantitative estimate of drug-likeness (QED) is 0.684. The molecule has 2 fully saturated rings. The van der Waals surface area contributed by atoms with Crippen molar-refractivity contribution in [1.29, 1.82) is 0 Å². The largest absolute Gasteiger partial charge is 0.474 e. The van der Waals surface area contributed by atoms with E-state index in [4.69, 9.17) is 20.2 Å². The van der Waals surface area contributed by atoms with Gasteiger partial charge in [-0.3, -0.25) is 4.79 Å². The van der Waals surface area contributed by atoms with Crippen molar-refractivity contribution in [1.82, 2.24) is 19.9 Å². The first kappa shape index (κ1) is 21.3. The van der Waals surface area contributed by atoms with Gasteiger partial charge >= 0.3 is 0 Å². The molecule has 1 saturated heterocycles. The minimum Gasteiger partial charge on any atom is -0.474 e. The molecule has 0 aromatic carbocycles. The molecule has 166 valence electrons. The Labute approximate surface area is 181 Å². The normalized spacial score (nSPS) is 21.8. The number of carbonyl (C=O) groups is 1. The third kappa shape index (κ3) is 4.86. The molecule has 4 rings (SSSR count). The molecule has 0 bridgehead atoms. The maximum Gasteiger partial charge on any atom is 0.251 e. The summed E-state index contributed by atoms with van der Waals surface area (Å²) in [5, 5.41) is 9.51. The van der Waals surface area contributed by atoms with Gasteiger partial charge in [-0.15, -0.1) is 0 Å². The molecule has 10 heteroatoms. The molecule has 0 unspecified atom stereocenters. The lowest BCUT2D eigenvalue weighted by molar-refractivity contribution is -0.143. The average Bonchev–Trinajstić information content (AvgIpc) is 2.76. The Hall–Kier alpha value is -2.98. The van der Waals surface area contributed by atoms with Crippen molar-refractivity contribution in [3.8, 4) is 17.1 Å². The number of hydrogen-bond donors (Lipinski definition) is 2. The number of nitrogen functional groups attached to an aromatic ring is 1. The van der Waals surface area contributed by atoms with Gasteiger partial charge < -0.3 is 30.1 Å². The van der Waals surface area contributed by atoms with Crippen molar-refractivity contribution in [3.05, 3.63) is 24.4 Å². The summed E-state index contributed by atoms with van der Waals surface area (Å²) in [6, 6.07) is 5.45. The second-order valence-corrected chi connectivity index (χ2v) is 7.95. The molecule has 10 nitrogen and oxygen atoms in total. The molecule has 1 atom stereocenters. The Bertz CT molecular complexity index is 911. The van der Waals surface area contributed by atoms with Crippen LogP contribution in [-0.4, -0.2) is 82.5 Å². The molecule has 2 aliphatic rings. The highest BCUT2D eigenvalue weighted by Crippen LogP contribution is 2.31. The molecule has 2 aromatic heterocycles. The van der Waals surface area contributed by atoms with Gasteiger partial charge in [-0.25, -0.2) is 9.97 Å². The Kier molecular flexibility index (Phi) is 6.19. The smallest absolute Gasteiger partial charge is 0.251 e. The highest BCUT2D eigenvalue weighted by Gasteiger charge is 2.37. The van der Waals surface area contributed by atoms with Gasteiger partial charge in [-0.05, 0) is 19.1 Å². The van der Waals surface area contributed by atoms with Crippen molar-refractivity contribution < 1.29 is 19.4 Å². The Morgan fingerprint density at radius 1 is 1.32 bits per heavy atom. The molecule has 1 aliphatic carbocycles. The van der Waals surface area contributed by atoms with Crippen LogP contribution in [0.15, 0.2) is 24.4 Å². The predicted octanol–water partition coefficient (Wildman–Crippen LogP) is 0.706. The number of rotatable bonds is 6. The highest BCUT2D eigenvalue weighted by molar-refractivity contribution is 5.80. The minimum absolute atomic E-state index is 0.0495. The van der Waals surface area contributed by atoms with E-state index in [1.807, 2.05) is 6.07 Å². The Morgan fingerprint density at radius 3 is 2.71 bits per heavy atom. The van der Waals surface area contributed by atoms with Gasteiger partial charge in [0, 0.05) is 56.8 Å². The van der Waals surface area contributed by atoms with Crippen LogP contribution in [0.25, 0.3) is 11.3 Å². The molecule has 2 aromatic rings. The summed E-state index contributed by atoms with van der Waals surface area (Å²) in [5.74, 6) is 1.23. The maximum atomic E-state index is 12.0. The first-order valence-electron chi connectivity index (χ1n) is 10.5. The fourth-order valence-electron chi connectivity index (χ4n) is 3.68. The molecular weight excluding hydrogens is 400 g/mol. The van der Waals surface area contributed by atoms with Crippen LogP contribution in [0, 0.1) is 0 Å². The zero-order chi connectivity index (χ0) is 22.0. The number of aliphatic hydroxyl groups excluding tert-OH is 1. The lowest BCUT2D eigenvalue weighted by Gasteiger charge is -2.41. The molecule has 0 spiro atoms. The van der Waals surface area contributed by atoms with Gasteiger partial charge in [0.05, 0.1) is 18.9 Å². The number of pyridine rings is 1. The monoisotopic (exact) mass is 428 g/mol. The van der Waals surface area contributed by atoms with Crippen molar-refractivity contribution >= 4 is 17.7 Å². The average molecular weight is 428 g/mol. The number of aliphatic hydroxyl groups is 1.